The molecule has 1 N–H and O–H groups in total. The minimum atomic E-state index is -0.141. The van der Waals surface area contributed by atoms with Gasteiger partial charge in [-0.3, -0.25) is 4.79 Å². The number of amides is 1. The number of hydrogen-bond acceptors (Lipinski definition) is 6. The zero-order valence-electron chi connectivity index (χ0n) is 14.5. The smallest absolute Gasteiger partial charge is 0.265 e. The molecule has 0 aliphatic carbocycles. The second-order valence-corrected chi connectivity index (χ2v) is 7.79. The van der Waals surface area contributed by atoms with Crippen molar-refractivity contribution >= 4 is 44.5 Å². The molecular weight excluding hydrogens is 380 g/mol. The maximum Gasteiger partial charge on any atom is 0.265 e. The van der Waals surface area contributed by atoms with E-state index in [1.165, 1.54) is 11.3 Å². The summed E-state index contributed by atoms with van der Waals surface area (Å²) in [5.41, 5.74) is 1.69. The van der Waals surface area contributed by atoms with Crippen LogP contribution in [0.5, 0.6) is 5.75 Å². The first-order chi connectivity index (χ1) is 13.2. The summed E-state index contributed by atoms with van der Waals surface area (Å²) >= 11 is 3.07. The first-order valence-electron chi connectivity index (χ1n) is 8.22. The number of carbonyl (C=O) groups excluding carboxylic acids is 1. The number of rotatable bonds is 6. The van der Waals surface area contributed by atoms with Crippen molar-refractivity contribution in [1.29, 1.82) is 0 Å². The largest absolute Gasteiger partial charge is 0.468 e. The molecule has 0 bridgehead atoms. The van der Waals surface area contributed by atoms with Crippen LogP contribution in [0, 0.1) is 0 Å². The molecule has 0 spiro atoms. The number of para-hydroxylation sites is 1. The van der Waals surface area contributed by atoms with E-state index in [0.717, 1.165) is 20.1 Å². The molecule has 0 saturated carbocycles. The molecule has 5 nitrogen and oxygen atoms in total. The molecule has 27 heavy (non-hydrogen) atoms. The van der Waals surface area contributed by atoms with E-state index < -0.39 is 0 Å². The van der Waals surface area contributed by atoms with Crippen LogP contribution in [0.4, 0.5) is 5.69 Å². The number of carbonyl (C=O) groups is 1. The lowest BCUT2D eigenvalue weighted by molar-refractivity contribution is 0.0511. The molecule has 4 aromatic rings. The van der Waals surface area contributed by atoms with Crippen LogP contribution < -0.4 is 10.1 Å². The zero-order valence-corrected chi connectivity index (χ0v) is 16.1. The third kappa shape index (κ3) is 4.00. The van der Waals surface area contributed by atoms with E-state index in [1.54, 1.807) is 42.7 Å². The molecule has 4 rings (SSSR count). The molecule has 0 aliphatic heterocycles. The number of nitrogens with one attached hydrogen (secondary N) is 1. The Balaban J connectivity index is 1.47. The van der Waals surface area contributed by atoms with Gasteiger partial charge in [-0.2, -0.15) is 0 Å². The van der Waals surface area contributed by atoms with Crippen LogP contribution in [0.3, 0.4) is 0 Å². The third-order valence-corrected chi connectivity index (χ3v) is 6.08. The second-order valence-electron chi connectivity index (χ2n) is 5.68. The fraction of sp³-hybridized carbons (Fsp3) is 0.100. The number of ether oxygens (including phenoxy) is 2. The Kier molecular flexibility index (Phi) is 5.15. The van der Waals surface area contributed by atoms with Gasteiger partial charge < -0.3 is 14.8 Å². The summed E-state index contributed by atoms with van der Waals surface area (Å²) in [6.45, 7) is 0.190. The molecule has 2 heterocycles. The monoisotopic (exact) mass is 396 g/mol. The number of benzene rings is 2. The Hall–Kier alpha value is -2.74. The van der Waals surface area contributed by atoms with E-state index in [0.29, 0.717) is 16.3 Å². The van der Waals surface area contributed by atoms with Crippen LogP contribution in [-0.2, 0) is 4.74 Å². The van der Waals surface area contributed by atoms with Gasteiger partial charge in [-0.05, 0) is 48.5 Å². The summed E-state index contributed by atoms with van der Waals surface area (Å²) in [5, 5.41) is 3.83. The van der Waals surface area contributed by atoms with Gasteiger partial charge in [-0.15, -0.1) is 22.7 Å². The number of thiazole rings is 1. The van der Waals surface area contributed by atoms with Gasteiger partial charge in [0.15, 0.2) is 6.79 Å². The lowest BCUT2D eigenvalue weighted by Gasteiger charge is -2.06. The van der Waals surface area contributed by atoms with Crippen molar-refractivity contribution in [3.63, 3.8) is 0 Å². The van der Waals surface area contributed by atoms with Crippen LogP contribution in [-0.4, -0.2) is 24.8 Å². The predicted molar refractivity (Wildman–Crippen MR) is 110 cm³/mol. The Bertz CT molecular complexity index is 1040. The normalized spacial score (nSPS) is 10.9. The van der Waals surface area contributed by atoms with Gasteiger partial charge in [-0.25, -0.2) is 4.98 Å². The minimum Gasteiger partial charge on any atom is -0.468 e. The number of anilines is 1. The highest BCUT2D eigenvalue weighted by Gasteiger charge is 2.13. The van der Waals surface area contributed by atoms with Gasteiger partial charge in [0.05, 0.1) is 20.0 Å². The summed E-state index contributed by atoms with van der Waals surface area (Å²) in [5.74, 6) is 0.544. The molecule has 2 aromatic heterocycles. The lowest BCUT2D eigenvalue weighted by atomic mass is 10.3. The molecule has 0 aliphatic rings. The number of fused-ring (bicyclic) bond motifs is 1. The highest BCUT2D eigenvalue weighted by Crippen LogP contribution is 2.34. The average molecular weight is 396 g/mol. The minimum absolute atomic E-state index is 0.141. The third-order valence-electron chi connectivity index (χ3n) is 3.79. The molecule has 7 heteroatoms. The molecule has 2 aromatic carbocycles. The summed E-state index contributed by atoms with van der Waals surface area (Å²) in [6, 6.07) is 19.0. The Morgan fingerprint density at radius 3 is 2.63 bits per heavy atom. The highest BCUT2D eigenvalue weighted by molar-refractivity contribution is 7.26. The summed E-state index contributed by atoms with van der Waals surface area (Å²) < 4.78 is 11.3. The van der Waals surface area contributed by atoms with E-state index in [9.17, 15) is 4.79 Å². The van der Waals surface area contributed by atoms with Crippen molar-refractivity contribution in [2.45, 2.75) is 0 Å². The van der Waals surface area contributed by atoms with E-state index in [-0.39, 0.29) is 12.7 Å². The van der Waals surface area contributed by atoms with Gasteiger partial charge >= 0.3 is 0 Å². The Morgan fingerprint density at radius 1 is 1.04 bits per heavy atom. The first kappa shape index (κ1) is 17.7. The number of thiophene rings is 1. The Morgan fingerprint density at radius 2 is 1.85 bits per heavy atom. The van der Waals surface area contributed by atoms with Crippen LogP contribution in [0.2, 0.25) is 0 Å². The average Bonchev–Trinajstić information content (AvgIpc) is 3.34. The van der Waals surface area contributed by atoms with Crippen molar-refractivity contribution in [3.8, 4) is 15.6 Å². The molecule has 0 atom stereocenters. The standard InChI is InChI=1S/C20H16N2O3S2/c1-24-12-25-14-8-6-13(7-9-14)21-19(23)17-10-11-18(26-17)20-22-15-4-2-3-5-16(15)27-20/h2-11H,12H2,1H3,(H,21,23). The van der Waals surface area contributed by atoms with Gasteiger partial charge in [0.25, 0.3) is 5.91 Å². The van der Waals surface area contributed by atoms with Crippen LogP contribution in [0.25, 0.3) is 20.1 Å². The number of hydrogen-bond donors (Lipinski definition) is 1. The molecule has 0 saturated heterocycles. The molecular formula is C20H16N2O3S2. The van der Waals surface area contributed by atoms with Crippen molar-refractivity contribution in [2.75, 3.05) is 19.2 Å². The Labute approximate surface area is 164 Å². The lowest BCUT2D eigenvalue weighted by Crippen LogP contribution is -2.09. The van der Waals surface area contributed by atoms with Gasteiger partial charge in [0.1, 0.15) is 10.8 Å². The summed E-state index contributed by atoms with van der Waals surface area (Å²) in [4.78, 5) is 18.8. The van der Waals surface area contributed by atoms with Gasteiger partial charge in [0, 0.05) is 12.8 Å². The quantitative estimate of drug-likeness (QED) is 0.452. The second kappa shape index (κ2) is 7.87. The zero-order chi connectivity index (χ0) is 18.6. The van der Waals surface area contributed by atoms with E-state index in [1.807, 2.05) is 30.3 Å². The maximum atomic E-state index is 12.5. The van der Waals surface area contributed by atoms with Crippen molar-refractivity contribution in [2.24, 2.45) is 0 Å². The molecule has 1 amide bonds. The number of nitrogens with zero attached hydrogens (tertiary/aromatic N) is 1. The summed E-state index contributed by atoms with van der Waals surface area (Å²) in [7, 11) is 1.57. The van der Waals surface area contributed by atoms with Crippen LogP contribution >= 0.6 is 22.7 Å². The van der Waals surface area contributed by atoms with Crippen LogP contribution in [0.1, 0.15) is 9.67 Å². The fourth-order valence-electron chi connectivity index (χ4n) is 2.51. The molecule has 0 fully saturated rings. The van der Waals surface area contributed by atoms with Gasteiger partial charge in [0.2, 0.25) is 0 Å². The van der Waals surface area contributed by atoms with Gasteiger partial charge in [-0.1, -0.05) is 12.1 Å². The maximum absolute atomic E-state index is 12.5. The molecule has 0 unspecified atom stereocenters. The van der Waals surface area contributed by atoms with Crippen LogP contribution in [0.15, 0.2) is 60.7 Å². The summed E-state index contributed by atoms with van der Waals surface area (Å²) in [6.07, 6.45) is 0. The van der Waals surface area contributed by atoms with E-state index >= 15 is 0 Å². The molecule has 0 radical (unpaired) electrons. The van der Waals surface area contributed by atoms with Crippen molar-refractivity contribution in [3.05, 3.63) is 65.5 Å². The number of aromatic nitrogens is 1. The topological polar surface area (TPSA) is 60.5 Å². The predicted octanol–water partition coefficient (Wildman–Crippen LogP) is 5.26. The van der Waals surface area contributed by atoms with Crippen molar-refractivity contribution < 1.29 is 14.3 Å². The van der Waals surface area contributed by atoms with E-state index in [2.05, 4.69) is 16.4 Å². The molecule has 136 valence electrons. The highest BCUT2D eigenvalue weighted by atomic mass is 32.1. The van der Waals surface area contributed by atoms with E-state index in [4.69, 9.17) is 9.47 Å². The fourth-order valence-corrected chi connectivity index (χ4v) is 4.43. The SMILES string of the molecule is COCOc1ccc(NC(=O)c2ccc(-c3nc4ccccc4s3)s2)cc1. The first-order valence-corrected chi connectivity index (χ1v) is 9.85. The number of methoxy groups -OCH3 is 1. The van der Waals surface area contributed by atoms with Crippen molar-refractivity contribution in [1.82, 2.24) is 4.98 Å².